The van der Waals surface area contributed by atoms with Crippen LogP contribution in [-0.2, 0) is 11.3 Å². The molecule has 1 aromatic carbocycles. The summed E-state index contributed by atoms with van der Waals surface area (Å²) in [5.74, 6) is -0.218. The predicted octanol–water partition coefficient (Wildman–Crippen LogP) is 0.688. The summed E-state index contributed by atoms with van der Waals surface area (Å²) >= 11 is 0. The van der Waals surface area contributed by atoms with Crippen molar-refractivity contribution in [2.75, 3.05) is 33.7 Å². The molecule has 0 aliphatic carbocycles. The SMILES string of the molecule is CN1CCNC(C(=O)N(C)Cc2cccc(F)c2)C1. The van der Waals surface area contributed by atoms with Crippen LogP contribution in [0.15, 0.2) is 24.3 Å². The monoisotopic (exact) mass is 265 g/mol. The molecule has 1 saturated heterocycles. The fraction of sp³-hybridized carbons (Fsp3) is 0.500. The Morgan fingerprint density at radius 3 is 3.05 bits per heavy atom. The maximum atomic E-state index is 13.1. The second-order valence-electron chi connectivity index (χ2n) is 5.09. The topological polar surface area (TPSA) is 35.6 Å². The van der Waals surface area contributed by atoms with Crippen LogP contribution in [0.2, 0.25) is 0 Å². The average molecular weight is 265 g/mol. The van der Waals surface area contributed by atoms with Crippen LogP contribution in [0.4, 0.5) is 4.39 Å². The lowest BCUT2D eigenvalue weighted by Gasteiger charge is -2.32. The van der Waals surface area contributed by atoms with Crippen LogP contribution in [0.1, 0.15) is 5.56 Å². The zero-order valence-corrected chi connectivity index (χ0v) is 11.4. The number of nitrogens with zero attached hydrogens (tertiary/aromatic N) is 2. The molecule has 1 amide bonds. The molecule has 1 aromatic rings. The van der Waals surface area contributed by atoms with E-state index in [1.165, 1.54) is 12.1 Å². The molecule has 1 aliphatic rings. The Bertz CT molecular complexity index is 452. The molecular formula is C14H20FN3O. The van der Waals surface area contributed by atoms with Gasteiger partial charge in [-0.15, -0.1) is 0 Å². The van der Waals surface area contributed by atoms with Crippen LogP contribution in [0.3, 0.4) is 0 Å². The zero-order chi connectivity index (χ0) is 13.8. The van der Waals surface area contributed by atoms with Crippen LogP contribution in [0.5, 0.6) is 0 Å². The van der Waals surface area contributed by atoms with Crippen LogP contribution >= 0.6 is 0 Å². The maximum Gasteiger partial charge on any atom is 0.241 e. The van der Waals surface area contributed by atoms with Gasteiger partial charge in [0.1, 0.15) is 5.82 Å². The molecule has 1 fully saturated rings. The van der Waals surface area contributed by atoms with Gasteiger partial charge in [0, 0.05) is 33.2 Å². The number of hydrogen-bond donors (Lipinski definition) is 1. The molecule has 104 valence electrons. The van der Waals surface area contributed by atoms with E-state index in [2.05, 4.69) is 10.2 Å². The van der Waals surface area contributed by atoms with Crippen LogP contribution in [0.25, 0.3) is 0 Å². The predicted molar refractivity (Wildman–Crippen MR) is 72.2 cm³/mol. The van der Waals surface area contributed by atoms with E-state index in [-0.39, 0.29) is 17.8 Å². The first-order chi connectivity index (χ1) is 9.06. The lowest BCUT2D eigenvalue weighted by atomic mass is 10.1. The molecule has 5 heteroatoms. The summed E-state index contributed by atoms with van der Waals surface area (Å²) < 4.78 is 13.1. The van der Waals surface area contributed by atoms with Crippen molar-refractivity contribution in [3.63, 3.8) is 0 Å². The second kappa shape index (κ2) is 6.12. The van der Waals surface area contributed by atoms with Crippen molar-refractivity contribution < 1.29 is 9.18 Å². The van der Waals surface area contributed by atoms with E-state index in [4.69, 9.17) is 0 Å². The molecule has 19 heavy (non-hydrogen) atoms. The smallest absolute Gasteiger partial charge is 0.241 e. The number of amides is 1. The van der Waals surface area contributed by atoms with E-state index in [0.717, 1.165) is 18.7 Å². The van der Waals surface area contributed by atoms with Crippen molar-refractivity contribution in [1.29, 1.82) is 0 Å². The molecule has 1 N–H and O–H groups in total. The van der Waals surface area contributed by atoms with E-state index in [1.807, 2.05) is 13.1 Å². The number of nitrogens with one attached hydrogen (secondary N) is 1. The van der Waals surface area contributed by atoms with Crippen molar-refractivity contribution in [2.24, 2.45) is 0 Å². The maximum absolute atomic E-state index is 13.1. The molecule has 0 bridgehead atoms. The van der Waals surface area contributed by atoms with Crippen molar-refractivity contribution in [3.05, 3.63) is 35.6 Å². The van der Waals surface area contributed by atoms with Crippen LogP contribution in [0, 0.1) is 5.82 Å². The van der Waals surface area contributed by atoms with Gasteiger partial charge in [0.25, 0.3) is 0 Å². The van der Waals surface area contributed by atoms with Gasteiger partial charge in [-0.1, -0.05) is 12.1 Å². The quantitative estimate of drug-likeness (QED) is 0.873. The normalized spacial score (nSPS) is 20.3. The Morgan fingerprint density at radius 2 is 2.37 bits per heavy atom. The number of rotatable bonds is 3. The third-order valence-electron chi connectivity index (χ3n) is 3.36. The number of hydrogen-bond acceptors (Lipinski definition) is 3. The molecule has 2 rings (SSSR count). The highest BCUT2D eigenvalue weighted by Crippen LogP contribution is 2.08. The first-order valence-electron chi connectivity index (χ1n) is 6.47. The van der Waals surface area contributed by atoms with Gasteiger partial charge in [0.05, 0.1) is 6.04 Å². The third kappa shape index (κ3) is 3.75. The van der Waals surface area contributed by atoms with Crippen molar-refractivity contribution >= 4 is 5.91 Å². The second-order valence-corrected chi connectivity index (χ2v) is 5.09. The summed E-state index contributed by atoms with van der Waals surface area (Å²) in [5, 5.41) is 3.22. The van der Waals surface area contributed by atoms with E-state index in [9.17, 15) is 9.18 Å². The molecule has 4 nitrogen and oxygen atoms in total. The molecule has 0 aromatic heterocycles. The fourth-order valence-electron chi connectivity index (χ4n) is 2.32. The molecule has 1 atom stereocenters. The van der Waals surface area contributed by atoms with Gasteiger partial charge in [-0.3, -0.25) is 4.79 Å². The third-order valence-corrected chi connectivity index (χ3v) is 3.36. The minimum Gasteiger partial charge on any atom is -0.340 e. The van der Waals surface area contributed by atoms with Gasteiger partial charge < -0.3 is 15.1 Å². The number of benzene rings is 1. The van der Waals surface area contributed by atoms with Crippen molar-refractivity contribution in [3.8, 4) is 0 Å². The molecular weight excluding hydrogens is 245 g/mol. The lowest BCUT2D eigenvalue weighted by Crippen LogP contribution is -2.56. The van der Waals surface area contributed by atoms with E-state index < -0.39 is 0 Å². The number of likely N-dealkylation sites (N-methyl/N-ethyl adjacent to an activating group) is 2. The number of carbonyl (C=O) groups is 1. The summed E-state index contributed by atoms with van der Waals surface area (Å²) in [5.41, 5.74) is 0.806. The van der Waals surface area contributed by atoms with Gasteiger partial charge in [-0.25, -0.2) is 4.39 Å². The van der Waals surface area contributed by atoms with E-state index in [1.54, 1.807) is 18.0 Å². The molecule has 1 aliphatic heterocycles. The highest BCUT2D eigenvalue weighted by Gasteiger charge is 2.25. The molecule has 1 heterocycles. The van der Waals surface area contributed by atoms with Crippen molar-refractivity contribution in [2.45, 2.75) is 12.6 Å². The largest absolute Gasteiger partial charge is 0.340 e. The minimum atomic E-state index is -0.270. The average Bonchev–Trinajstić information content (AvgIpc) is 2.38. The van der Waals surface area contributed by atoms with Gasteiger partial charge in [0.2, 0.25) is 5.91 Å². The molecule has 0 radical (unpaired) electrons. The van der Waals surface area contributed by atoms with E-state index >= 15 is 0 Å². The Kier molecular flexibility index (Phi) is 4.50. The summed E-state index contributed by atoms with van der Waals surface area (Å²) in [6.45, 7) is 2.92. The molecule has 1 unspecified atom stereocenters. The summed E-state index contributed by atoms with van der Waals surface area (Å²) in [6.07, 6.45) is 0. The number of piperazine rings is 1. The summed E-state index contributed by atoms with van der Waals surface area (Å²) in [6, 6.07) is 6.19. The number of carbonyl (C=O) groups excluding carboxylic acids is 1. The Hall–Kier alpha value is -1.46. The lowest BCUT2D eigenvalue weighted by molar-refractivity contribution is -0.133. The van der Waals surface area contributed by atoms with E-state index in [0.29, 0.717) is 13.1 Å². The Morgan fingerprint density at radius 1 is 1.58 bits per heavy atom. The zero-order valence-electron chi connectivity index (χ0n) is 11.4. The Labute approximate surface area is 113 Å². The summed E-state index contributed by atoms with van der Waals surface area (Å²) in [7, 11) is 3.76. The van der Waals surface area contributed by atoms with Crippen molar-refractivity contribution in [1.82, 2.24) is 15.1 Å². The summed E-state index contributed by atoms with van der Waals surface area (Å²) in [4.78, 5) is 16.1. The molecule has 0 spiro atoms. The first kappa shape index (κ1) is 14.0. The molecule has 0 saturated carbocycles. The van der Waals surface area contributed by atoms with Gasteiger partial charge in [-0.05, 0) is 24.7 Å². The first-order valence-corrected chi connectivity index (χ1v) is 6.47. The van der Waals surface area contributed by atoms with Gasteiger partial charge >= 0.3 is 0 Å². The fourth-order valence-corrected chi connectivity index (χ4v) is 2.32. The van der Waals surface area contributed by atoms with Gasteiger partial charge in [0.15, 0.2) is 0 Å². The highest BCUT2D eigenvalue weighted by atomic mass is 19.1. The van der Waals surface area contributed by atoms with Gasteiger partial charge in [-0.2, -0.15) is 0 Å². The highest BCUT2D eigenvalue weighted by molar-refractivity contribution is 5.82. The van der Waals surface area contributed by atoms with Crippen LogP contribution < -0.4 is 5.32 Å². The Balaban J connectivity index is 1.95. The minimum absolute atomic E-state index is 0.0517. The number of halogens is 1. The standard InChI is InChI=1S/C14H20FN3O/c1-17-7-6-16-13(10-17)14(19)18(2)9-11-4-3-5-12(15)8-11/h3-5,8,13,16H,6-7,9-10H2,1-2H3. The van der Waals surface area contributed by atoms with Crippen LogP contribution in [-0.4, -0.2) is 55.5 Å².